The van der Waals surface area contributed by atoms with E-state index in [9.17, 15) is 10.1 Å². The minimum Gasteiger partial charge on any atom is -0.381 e. The molecule has 0 saturated heterocycles. The first-order valence-corrected chi connectivity index (χ1v) is 7.15. The van der Waals surface area contributed by atoms with Gasteiger partial charge < -0.3 is 5.32 Å². The van der Waals surface area contributed by atoms with Gasteiger partial charge >= 0.3 is 0 Å². The van der Waals surface area contributed by atoms with Crippen LogP contribution in [0.2, 0.25) is 0 Å². The van der Waals surface area contributed by atoms with E-state index >= 15 is 0 Å². The van der Waals surface area contributed by atoms with Crippen LogP contribution in [0.15, 0.2) is 46.9 Å². The van der Waals surface area contributed by atoms with Crippen LogP contribution < -0.4 is 5.32 Å². The normalized spacial score (nSPS) is 10.3. The molecule has 2 aromatic rings. The SMILES string of the molecule is CCc1ccccc1NCc1ccc([N+](=O)[O-])cc1Br. The highest BCUT2D eigenvalue weighted by molar-refractivity contribution is 9.10. The topological polar surface area (TPSA) is 55.2 Å². The molecule has 0 aliphatic rings. The summed E-state index contributed by atoms with van der Waals surface area (Å²) in [5.74, 6) is 0. The Labute approximate surface area is 126 Å². The van der Waals surface area contributed by atoms with Crippen LogP contribution in [0.5, 0.6) is 0 Å². The summed E-state index contributed by atoms with van der Waals surface area (Å²) in [6.07, 6.45) is 0.963. The smallest absolute Gasteiger partial charge is 0.270 e. The summed E-state index contributed by atoms with van der Waals surface area (Å²) in [5.41, 5.74) is 3.43. The van der Waals surface area contributed by atoms with Gasteiger partial charge in [-0.1, -0.05) is 41.1 Å². The second-order valence-corrected chi connectivity index (χ2v) is 5.25. The third kappa shape index (κ3) is 3.36. The summed E-state index contributed by atoms with van der Waals surface area (Å²) >= 11 is 3.38. The monoisotopic (exact) mass is 334 g/mol. The Morgan fingerprint density at radius 3 is 2.60 bits per heavy atom. The van der Waals surface area contributed by atoms with E-state index in [1.807, 2.05) is 18.2 Å². The van der Waals surface area contributed by atoms with E-state index in [1.165, 1.54) is 17.7 Å². The molecular formula is C15H15BrN2O2. The highest BCUT2D eigenvalue weighted by atomic mass is 79.9. The first kappa shape index (κ1) is 14.5. The molecule has 0 saturated carbocycles. The van der Waals surface area contributed by atoms with Crippen molar-refractivity contribution in [2.75, 3.05) is 5.32 Å². The number of anilines is 1. The molecule has 0 unspecified atom stereocenters. The first-order chi connectivity index (χ1) is 9.61. The van der Waals surface area contributed by atoms with Gasteiger partial charge in [-0.05, 0) is 29.7 Å². The van der Waals surface area contributed by atoms with Crippen LogP contribution in [0, 0.1) is 10.1 Å². The maximum Gasteiger partial charge on any atom is 0.270 e. The maximum atomic E-state index is 10.7. The van der Waals surface area contributed by atoms with Gasteiger partial charge in [-0.25, -0.2) is 0 Å². The largest absolute Gasteiger partial charge is 0.381 e. The molecule has 0 bridgehead atoms. The van der Waals surface area contributed by atoms with Gasteiger partial charge in [-0.2, -0.15) is 0 Å². The molecule has 0 amide bonds. The molecule has 2 aromatic carbocycles. The van der Waals surface area contributed by atoms with Crippen molar-refractivity contribution in [3.05, 3.63) is 68.2 Å². The number of hydrogen-bond acceptors (Lipinski definition) is 3. The first-order valence-electron chi connectivity index (χ1n) is 6.36. The third-order valence-corrected chi connectivity index (χ3v) is 3.85. The highest BCUT2D eigenvalue weighted by Gasteiger charge is 2.09. The summed E-state index contributed by atoms with van der Waals surface area (Å²) < 4.78 is 0.744. The molecule has 5 heteroatoms. The van der Waals surface area contributed by atoms with Gasteiger partial charge in [0.25, 0.3) is 5.69 Å². The third-order valence-electron chi connectivity index (χ3n) is 3.12. The Morgan fingerprint density at radius 1 is 1.20 bits per heavy atom. The molecule has 104 valence electrons. The quantitative estimate of drug-likeness (QED) is 0.645. The average molecular weight is 335 g/mol. The van der Waals surface area contributed by atoms with E-state index in [0.29, 0.717) is 6.54 Å². The van der Waals surface area contributed by atoms with E-state index in [0.717, 1.165) is 22.1 Å². The van der Waals surface area contributed by atoms with Crippen LogP contribution in [0.25, 0.3) is 0 Å². The van der Waals surface area contributed by atoms with Gasteiger partial charge in [0.15, 0.2) is 0 Å². The summed E-state index contributed by atoms with van der Waals surface area (Å²) in [5, 5.41) is 14.1. The van der Waals surface area contributed by atoms with Crippen LogP contribution >= 0.6 is 15.9 Å². The van der Waals surface area contributed by atoms with E-state index in [2.05, 4.69) is 34.2 Å². The van der Waals surface area contributed by atoms with Crippen molar-refractivity contribution < 1.29 is 4.92 Å². The Bertz CT molecular complexity index is 629. The Kier molecular flexibility index (Phi) is 4.74. The predicted molar refractivity (Wildman–Crippen MR) is 83.9 cm³/mol. The zero-order valence-corrected chi connectivity index (χ0v) is 12.7. The molecule has 0 aromatic heterocycles. The molecule has 0 heterocycles. The predicted octanol–water partition coefficient (Wildman–Crippen LogP) is 4.53. The van der Waals surface area contributed by atoms with Crippen molar-refractivity contribution in [3.8, 4) is 0 Å². The summed E-state index contributed by atoms with van der Waals surface area (Å²) in [6.45, 7) is 2.73. The minimum absolute atomic E-state index is 0.0922. The summed E-state index contributed by atoms with van der Waals surface area (Å²) in [7, 11) is 0. The zero-order valence-electron chi connectivity index (χ0n) is 11.1. The fraction of sp³-hybridized carbons (Fsp3) is 0.200. The standard InChI is InChI=1S/C15H15BrN2O2/c1-2-11-5-3-4-6-15(11)17-10-12-7-8-13(18(19)20)9-14(12)16/h3-9,17H,2,10H2,1H3. The van der Waals surface area contributed by atoms with Crippen molar-refractivity contribution in [1.82, 2.24) is 0 Å². The van der Waals surface area contributed by atoms with Gasteiger partial charge in [-0.15, -0.1) is 0 Å². The van der Waals surface area contributed by atoms with Crippen LogP contribution in [-0.2, 0) is 13.0 Å². The number of aryl methyl sites for hydroxylation is 1. The number of nitrogens with one attached hydrogen (secondary N) is 1. The van der Waals surface area contributed by atoms with Crippen molar-refractivity contribution in [3.63, 3.8) is 0 Å². The number of non-ortho nitro benzene ring substituents is 1. The van der Waals surface area contributed by atoms with Gasteiger partial charge in [-0.3, -0.25) is 10.1 Å². The lowest BCUT2D eigenvalue weighted by molar-refractivity contribution is -0.384. The Hall–Kier alpha value is -1.88. The van der Waals surface area contributed by atoms with Crippen molar-refractivity contribution in [1.29, 1.82) is 0 Å². The second-order valence-electron chi connectivity index (χ2n) is 4.40. The van der Waals surface area contributed by atoms with Gasteiger partial charge in [0, 0.05) is 28.8 Å². The lowest BCUT2D eigenvalue weighted by atomic mass is 10.1. The van der Waals surface area contributed by atoms with E-state index in [1.54, 1.807) is 6.07 Å². The molecule has 2 rings (SSSR count). The van der Waals surface area contributed by atoms with Gasteiger partial charge in [0.1, 0.15) is 0 Å². The fourth-order valence-corrected chi connectivity index (χ4v) is 2.49. The molecule has 0 aliphatic heterocycles. The highest BCUT2D eigenvalue weighted by Crippen LogP contribution is 2.24. The zero-order chi connectivity index (χ0) is 14.5. The molecule has 0 radical (unpaired) electrons. The van der Waals surface area contributed by atoms with Gasteiger partial charge in [0.2, 0.25) is 0 Å². The number of nitro groups is 1. The van der Waals surface area contributed by atoms with Crippen LogP contribution in [0.1, 0.15) is 18.1 Å². The molecule has 0 atom stereocenters. The van der Waals surface area contributed by atoms with Crippen molar-refractivity contribution in [2.24, 2.45) is 0 Å². The van der Waals surface area contributed by atoms with E-state index in [-0.39, 0.29) is 5.69 Å². The molecule has 4 nitrogen and oxygen atoms in total. The number of nitrogens with zero attached hydrogens (tertiary/aromatic N) is 1. The average Bonchev–Trinajstić information content (AvgIpc) is 2.46. The lowest BCUT2D eigenvalue weighted by Crippen LogP contribution is -2.03. The van der Waals surface area contributed by atoms with Crippen LogP contribution in [-0.4, -0.2) is 4.92 Å². The molecule has 20 heavy (non-hydrogen) atoms. The van der Waals surface area contributed by atoms with Crippen LogP contribution in [0.4, 0.5) is 11.4 Å². The van der Waals surface area contributed by atoms with Crippen molar-refractivity contribution >= 4 is 27.3 Å². The fourth-order valence-electron chi connectivity index (χ4n) is 1.98. The molecule has 0 spiro atoms. The van der Waals surface area contributed by atoms with Crippen molar-refractivity contribution in [2.45, 2.75) is 19.9 Å². The number of hydrogen-bond donors (Lipinski definition) is 1. The summed E-state index contributed by atoms with van der Waals surface area (Å²) in [4.78, 5) is 10.3. The van der Waals surface area contributed by atoms with Gasteiger partial charge in [0.05, 0.1) is 4.92 Å². The number of benzene rings is 2. The maximum absolute atomic E-state index is 10.7. The number of para-hydroxylation sites is 1. The lowest BCUT2D eigenvalue weighted by Gasteiger charge is -2.11. The van der Waals surface area contributed by atoms with E-state index in [4.69, 9.17) is 0 Å². The molecule has 1 N–H and O–H groups in total. The number of nitro benzene ring substituents is 1. The Morgan fingerprint density at radius 2 is 1.95 bits per heavy atom. The molecule has 0 aliphatic carbocycles. The summed E-state index contributed by atoms with van der Waals surface area (Å²) in [6, 6.07) is 13.0. The molecular weight excluding hydrogens is 320 g/mol. The van der Waals surface area contributed by atoms with E-state index < -0.39 is 4.92 Å². The molecule has 0 fully saturated rings. The number of rotatable bonds is 5. The Balaban J connectivity index is 2.13. The minimum atomic E-state index is -0.394. The second kappa shape index (κ2) is 6.52. The van der Waals surface area contributed by atoms with Crippen LogP contribution in [0.3, 0.4) is 0 Å². The number of halogens is 1.